The van der Waals surface area contributed by atoms with Gasteiger partial charge >= 0.3 is 7.12 Å². The van der Waals surface area contributed by atoms with E-state index in [1.165, 1.54) is 6.07 Å². The average molecular weight is 373 g/mol. The van der Waals surface area contributed by atoms with Gasteiger partial charge in [-0.1, -0.05) is 0 Å². The van der Waals surface area contributed by atoms with Crippen LogP contribution >= 0.6 is 0 Å². The average Bonchev–Trinajstić information content (AvgIpc) is 3.11. The molecule has 0 aliphatic carbocycles. The predicted octanol–water partition coefficient (Wildman–Crippen LogP) is 2.90. The minimum atomic E-state index is -0.738. The monoisotopic (exact) mass is 373 g/mol. The highest BCUT2D eigenvalue weighted by atomic mass is 19.1. The van der Waals surface area contributed by atoms with Crippen molar-refractivity contribution in [3.8, 4) is 0 Å². The van der Waals surface area contributed by atoms with Crippen molar-refractivity contribution in [1.29, 1.82) is 0 Å². The summed E-state index contributed by atoms with van der Waals surface area (Å²) < 4.78 is 28.3. The fourth-order valence-corrected chi connectivity index (χ4v) is 2.93. The maximum Gasteiger partial charge on any atom is 0.495 e. The van der Waals surface area contributed by atoms with Gasteiger partial charge in [-0.25, -0.2) is 9.07 Å². The molecular formula is C19H25BFN3O3. The SMILES string of the molecule is CCn1nccc1NC(=O)c1cc(F)c(C)c(B2OC(C)(C)C(C)(C)O2)c1. The molecule has 1 aromatic carbocycles. The highest BCUT2D eigenvalue weighted by Gasteiger charge is 2.52. The van der Waals surface area contributed by atoms with Crippen LogP contribution in [0.4, 0.5) is 10.2 Å². The van der Waals surface area contributed by atoms with Crippen LogP contribution in [-0.2, 0) is 15.9 Å². The molecule has 0 atom stereocenters. The zero-order valence-electron chi connectivity index (χ0n) is 16.6. The van der Waals surface area contributed by atoms with Crippen LogP contribution in [0.2, 0.25) is 0 Å². The number of halogens is 1. The van der Waals surface area contributed by atoms with Crippen molar-refractivity contribution in [2.24, 2.45) is 0 Å². The molecule has 0 radical (unpaired) electrons. The van der Waals surface area contributed by atoms with Gasteiger partial charge in [0, 0.05) is 18.2 Å². The lowest BCUT2D eigenvalue weighted by molar-refractivity contribution is 0.00578. The number of amides is 1. The van der Waals surface area contributed by atoms with Gasteiger partial charge in [0.2, 0.25) is 0 Å². The van der Waals surface area contributed by atoms with E-state index in [1.54, 1.807) is 29.9 Å². The van der Waals surface area contributed by atoms with Crippen LogP contribution in [-0.4, -0.2) is 34.0 Å². The van der Waals surface area contributed by atoms with Crippen molar-refractivity contribution < 1.29 is 18.5 Å². The zero-order chi connectivity index (χ0) is 20.0. The summed E-state index contributed by atoms with van der Waals surface area (Å²) in [5.41, 5.74) is 0.0250. The molecule has 1 aliphatic rings. The first kappa shape index (κ1) is 19.6. The minimum absolute atomic E-state index is 0.201. The quantitative estimate of drug-likeness (QED) is 0.837. The van der Waals surface area contributed by atoms with E-state index in [9.17, 15) is 9.18 Å². The first-order valence-corrected chi connectivity index (χ1v) is 9.04. The lowest BCUT2D eigenvalue weighted by atomic mass is 9.75. The number of hydrogen-bond acceptors (Lipinski definition) is 4. The van der Waals surface area contributed by atoms with Crippen LogP contribution in [0.1, 0.15) is 50.5 Å². The molecule has 0 bridgehead atoms. The van der Waals surface area contributed by atoms with Crippen LogP contribution in [0.5, 0.6) is 0 Å². The minimum Gasteiger partial charge on any atom is -0.399 e. The summed E-state index contributed by atoms with van der Waals surface area (Å²) in [5, 5.41) is 6.88. The first-order chi connectivity index (χ1) is 12.6. The van der Waals surface area contributed by atoms with Gasteiger partial charge in [0.25, 0.3) is 5.91 Å². The number of hydrogen-bond donors (Lipinski definition) is 1. The molecule has 1 fully saturated rings. The van der Waals surface area contributed by atoms with Crippen LogP contribution in [0, 0.1) is 12.7 Å². The smallest absolute Gasteiger partial charge is 0.399 e. The van der Waals surface area contributed by atoms with Gasteiger partial charge in [0.05, 0.1) is 17.4 Å². The van der Waals surface area contributed by atoms with E-state index in [2.05, 4.69) is 10.4 Å². The number of aryl methyl sites for hydroxylation is 1. The number of rotatable bonds is 4. The normalized spacial score (nSPS) is 18.0. The number of anilines is 1. The highest BCUT2D eigenvalue weighted by Crippen LogP contribution is 2.36. The van der Waals surface area contributed by atoms with Gasteiger partial charge in [0.1, 0.15) is 11.6 Å². The summed E-state index contributed by atoms with van der Waals surface area (Å²) >= 11 is 0. The van der Waals surface area contributed by atoms with Gasteiger partial charge in [-0.05, 0) is 64.7 Å². The van der Waals surface area contributed by atoms with Gasteiger partial charge in [0.15, 0.2) is 0 Å². The van der Waals surface area contributed by atoms with Crippen molar-refractivity contribution >= 4 is 24.3 Å². The maximum absolute atomic E-state index is 14.6. The Kier molecular flexibility index (Phi) is 4.90. The van der Waals surface area contributed by atoms with E-state index < -0.39 is 30.0 Å². The molecule has 144 valence electrons. The molecule has 27 heavy (non-hydrogen) atoms. The van der Waals surface area contributed by atoms with Gasteiger partial charge < -0.3 is 14.6 Å². The van der Waals surface area contributed by atoms with Crippen LogP contribution < -0.4 is 10.8 Å². The third kappa shape index (κ3) is 3.51. The van der Waals surface area contributed by atoms with E-state index in [-0.39, 0.29) is 5.56 Å². The third-order valence-corrected chi connectivity index (χ3v) is 5.41. The largest absolute Gasteiger partial charge is 0.495 e. The Morgan fingerprint density at radius 2 is 1.89 bits per heavy atom. The zero-order valence-corrected chi connectivity index (χ0v) is 16.6. The summed E-state index contributed by atoms with van der Waals surface area (Å²) in [7, 11) is -0.738. The molecule has 3 rings (SSSR count). The second-order valence-electron chi connectivity index (χ2n) is 7.75. The number of aromatic nitrogens is 2. The van der Waals surface area contributed by atoms with Crippen molar-refractivity contribution in [2.75, 3.05) is 5.32 Å². The van der Waals surface area contributed by atoms with E-state index in [1.807, 2.05) is 34.6 Å². The molecule has 0 unspecified atom stereocenters. The Hall–Kier alpha value is -2.19. The van der Waals surface area contributed by atoms with Crippen LogP contribution in [0.25, 0.3) is 0 Å². The number of carbonyl (C=O) groups is 1. The number of carbonyl (C=O) groups excluding carboxylic acids is 1. The Balaban J connectivity index is 1.92. The highest BCUT2D eigenvalue weighted by molar-refractivity contribution is 6.62. The van der Waals surface area contributed by atoms with Crippen LogP contribution in [0.15, 0.2) is 24.4 Å². The molecule has 1 N–H and O–H groups in total. The Bertz CT molecular complexity index is 863. The lowest BCUT2D eigenvalue weighted by Gasteiger charge is -2.32. The molecule has 2 aromatic rings. The van der Waals surface area contributed by atoms with E-state index in [0.717, 1.165) is 0 Å². The summed E-state index contributed by atoms with van der Waals surface area (Å²) in [6.45, 7) is 11.9. The fourth-order valence-electron chi connectivity index (χ4n) is 2.93. The second-order valence-corrected chi connectivity index (χ2v) is 7.75. The number of nitrogens with one attached hydrogen (secondary N) is 1. The Labute approximate surface area is 159 Å². The molecule has 8 heteroatoms. The fraction of sp³-hybridized carbons (Fsp3) is 0.474. The standard InChI is InChI=1S/C19H25BFN3O3/c1-7-24-16(8-9-22-24)23-17(25)13-10-14(12(2)15(21)11-13)20-26-18(3,4)19(5,6)27-20/h8-11H,7H2,1-6H3,(H,23,25). The molecule has 0 saturated carbocycles. The number of nitrogens with zero attached hydrogens (tertiary/aromatic N) is 2. The molecule has 6 nitrogen and oxygen atoms in total. The predicted molar refractivity (Wildman–Crippen MR) is 103 cm³/mol. The molecule has 1 aromatic heterocycles. The second kappa shape index (κ2) is 6.76. The Morgan fingerprint density at radius 1 is 1.26 bits per heavy atom. The Morgan fingerprint density at radius 3 is 2.48 bits per heavy atom. The van der Waals surface area contributed by atoms with Crippen molar-refractivity contribution in [3.05, 3.63) is 41.3 Å². The van der Waals surface area contributed by atoms with Crippen molar-refractivity contribution in [1.82, 2.24) is 9.78 Å². The molecule has 1 amide bonds. The van der Waals surface area contributed by atoms with Crippen molar-refractivity contribution in [3.63, 3.8) is 0 Å². The lowest BCUT2D eigenvalue weighted by Crippen LogP contribution is -2.41. The van der Waals surface area contributed by atoms with Gasteiger partial charge in [-0.15, -0.1) is 0 Å². The molecule has 1 saturated heterocycles. The molecule has 1 aliphatic heterocycles. The van der Waals surface area contributed by atoms with Crippen LogP contribution in [0.3, 0.4) is 0 Å². The molecular weight excluding hydrogens is 348 g/mol. The summed E-state index contributed by atoms with van der Waals surface area (Å²) in [4.78, 5) is 12.7. The van der Waals surface area contributed by atoms with Gasteiger partial charge in [-0.3, -0.25) is 4.79 Å². The van der Waals surface area contributed by atoms with E-state index in [0.29, 0.717) is 23.4 Å². The summed E-state index contributed by atoms with van der Waals surface area (Å²) in [6, 6.07) is 4.55. The molecule has 2 heterocycles. The van der Waals surface area contributed by atoms with Gasteiger partial charge in [-0.2, -0.15) is 5.10 Å². The van der Waals surface area contributed by atoms with Crippen molar-refractivity contribution in [2.45, 2.75) is 59.3 Å². The summed E-state index contributed by atoms with van der Waals surface area (Å²) in [5.74, 6) is -0.334. The first-order valence-electron chi connectivity index (χ1n) is 9.04. The van der Waals surface area contributed by atoms with E-state index in [4.69, 9.17) is 9.31 Å². The van der Waals surface area contributed by atoms with E-state index >= 15 is 0 Å². The maximum atomic E-state index is 14.6. The topological polar surface area (TPSA) is 65.4 Å². The molecule has 0 spiro atoms. The third-order valence-electron chi connectivity index (χ3n) is 5.41. The summed E-state index contributed by atoms with van der Waals surface area (Å²) in [6.07, 6.45) is 1.60. The number of benzene rings is 1.